The van der Waals surface area contributed by atoms with Gasteiger partial charge in [-0.1, -0.05) is 5.16 Å². The van der Waals surface area contributed by atoms with Crippen LogP contribution in [0.3, 0.4) is 0 Å². The van der Waals surface area contributed by atoms with Gasteiger partial charge < -0.3 is 14.7 Å². The Bertz CT molecular complexity index is 893. The predicted molar refractivity (Wildman–Crippen MR) is 95.3 cm³/mol. The van der Waals surface area contributed by atoms with E-state index >= 15 is 0 Å². The Morgan fingerprint density at radius 1 is 1.27 bits per heavy atom. The van der Waals surface area contributed by atoms with Gasteiger partial charge in [-0.15, -0.1) is 11.3 Å². The van der Waals surface area contributed by atoms with Crippen molar-refractivity contribution in [3.8, 4) is 11.6 Å². The first-order valence-corrected chi connectivity index (χ1v) is 8.82. The van der Waals surface area contributed by atoms with Gasteiger partial charge in [0.25, 0.3) is 0 Å². The molecule has 0 saturated carbocycles. The van der Waals surface area contributed by atoms with E-state index in [1.807, 2.05) is 20.8 Å². The number of rotatable bonds is 5. The van der Waals surface area contributed by atoms with E-state index in [-0.39, 0.29) is 30.3 Å². The first-order chi connectivity index (χ1) is 12.5. The highest BCUT2D eigenvalue weighted by molar-refractivity contribution is 7.11. The molecule has 2 amide bonds. The number of nitrogens with one attached hydrogen (secondary N) is 1. The van der Waals surface area contributed by atoms with Crippen molar-refractivity contribution < 1.29 is 9.32 Å². The second-order valence-corrected chi connectivity index (χ2v) is 7.11. The number of amides is 2. The van der Waals surface area contributed by atoms with Crippen LogP contribution in [0.25, 0.3) is 11.6 Å². The van der Waals surface area contributed by atoms with E-state index in [1.54, 1.807) is 41.7 Å². The second-order valence-electron chi connectivity index (χ2n) is 5.70. The molecule has 10 heteroatoms. The molecule has 1 atom stereocenters. The van der Waals surface area contributed by atoms with E-state index in [1.165, 1.54) is 0 Å². The third kappa shape index (κ3) is 3.85. The molecule has 0 aliphatic rings. The fourth-order valence-electron chi connectivity index (χ4n) is 2.40. The number of aryl methyl sites for hydroxylation is 2. The van der Waals surface area contributed by atoms with Crippen molar-refractivity contribution in [3.05, 3.63) is 39.9 Å². The zero-order valence-corrected chi connectivity index (χ0v) is 15.7. The zero-order chi connectivity index (χ0) is 18.7. The van der Waals surface area contributed by atoms with E-state index in [9.17, 15) is 4.79 Å². The van der Waals surface area contributed by atoms with Gasteiger partial charge >= 0.3 is 6.03 Å². The lowest BCUT2D eigenvalue weighted by atomic mass is 10.2. The molecule has 0 saturated heterocycles. The molecule has 0 aromatic carbocycles. The maximum atomic E-state index is 12.4. The molecule has 3 aromatic heterocycles. The lowest BCUT2D eigenvalue weighted by Gasteiger charge is -2.24. The maximum Gasteiger partial charge on any atom is 0.318 e. The highest BCUT2D eigenvalue weighted by Crippen LogP contribution is 2.25. The number of hydrogen-bond acceptors (Lipinski definition) is 8. The molecule has 0 bridgehead atoms. The number of thiazole rings is 1. The van der Waals surface area contributed by atoms with Crippen LogP contribution < -0.4 is 5.32 Å². The van der Waals surface area contributed by atoms with Gasteiger partial charge in [0.1, 0.15) is 0 Å². The number of aromatic nitrogens is 5. The highest BCUT2D eigenvalue weighted by Gasteiger charge is 2.22. The molecule has 1 N–H and O–H groups in total. The first kappa shape index (κ1) is 17.9. The van der Waals surface area contributed by atoms with E-state index < -0.39 is 0 Å². The number of hydrogen-bond donors (Lipinski definition) is 1. The average Bonchev–Trinajstić information content (AvgIpc) is 3.25. The molecule has 3 aromatic rings. The molecule has 0 spiro atoms. The van der Waals surface area contributed by atoms with Gasteiger partial charge in [-0.3, -0.25) is 0 Å². The Labute approximate surface area is 154 Å². The molecule has 1 unspecified atom stereocenters. The highest BCUT2D eigenvalue weighted by atomic mass is 32.1. The van der Waals surface area contributed by atoms with Crippen LogP contribution in [0.4, 0.5) is 4.79 Å². The number of carbonyl (C=O) groups excluding carboxylic acids is 1. The van der Waals surface area contributed by atoms with Crippen LogP contribution in [0.2, 0.25) is 0 Å². The third-order valence-corrected chi connectivity index (χ3v) is 4.76. The Balaban J connectivity index is 1.60. The van der Waals surface area contributed by atoms with Crippen molar-refractivity contribution in [1.82, 2.24) is 35.3 Å². The van der Waals surface area contributed by atoms with Crippen LogP contribution in [-0.2, 0) is 6.54 Å². The van der Waals surface area contributed by atoms with Crippen LogP contribution in [0.1, 0.15) is 34.4 Å². The molecular formula is C16H19N7O2S. The predicted octanol–water partition coefficient (Wildman–Crippen LogP) is 2.50. The second kappa shape index (κ2) is 7.56. The summed E-state index contributed by atoms with van der Waals surface area (Å²) in [6.45, 7) is 6.02. The number of urea groups is 1. The third-order valence-electron chi connectivity index (χ3n) is 3.86. The summed E-state index contributed by atoms with van der Waals surface area (Å²) in [5.74, 6) is 0.932. The monoisotopic (exact) mass is 373 g/mol. The Morgan fingerprint density at radius 3 is 2.65 bits per heavy atom. The minimum Gasteiger partial charge on any atom is -0.337 e. The van der Waals surface area contributed by atoms with E-state index in [4.69, 9.17) is 4.52 Å². The van der Waals surface area contributed by atoms with Crippen molar-refractivity contribution in [1.29, 1.82) is 0 Å². The fourth-order valence-corrected chi connectivity index (χ4v) is 3.31. The largest absolute Gasteiger partial charge is 0.337 e. The van der Waals surface area contributed by atoms with Gasteiger partial charge in [0.15, 0.2) is 0 Å². The fraction of sp³-hybridized carbons (Fsp3) is 0.375. The summed E-state index contributed by atoms with van der Waals surface area (Å²) < 4.78 is 5.13. The average molecular weight is 373 g/mol. The lowest BCUT2D eigenvalue weighted by Crippen LogP contribution is -2.38. The summed E-state index contributed by atoms with van der Waals surface area (Å²) in [6, 6.07) is 1.31. The van der Waals surface area contributed by atoms with Crippen LogP contribution >= 0.6 is 11.3 Å². The normalized spacial score (nSPS) is 12.0. The molecule has 0 radical (unpaired) electrons. The van der Waals surface area contributed by atoms with Gasteiger partial charge in [0.2, 0.25) is 17.5 Å². The van der Waals surface area contributed by atoms with Crippen molar-refractivity contribution in [2.75, 3.05) is 7.05 Å². The molecule has 136 valence electrons. The molecule has 9 nitrogen and oxygen atoms in total. The molecule has 0 fully saturated rings. The number of nitrogens with zero attached hydrogens (tertiary/aromatic N) is 6. The van der Waals surface area contributed by atoms with Gasteiger partial charge in [-0.25, -0.2) is 19.7 Å². The van der Waals surface area contributed by atoms with Crippen LogP contribution in [0, 0.1) is 13.8 Å². The summed E-state index contributed by atoms with van der Waals surface area (Å²) >= 11 is 1.62. The molecule has 0 aliphatic carbocycles. The van der Waals surface area contributed by atoms with Crippen molar-refractivity contribution in [2.24, 2.45) is 0 Å². The Hall–Kier alpha value is -2.88. The van der Waals surface area contributed by atoms with Gasteiger partial charge in [0.05, 0.1) is 23.3 Å². The molecule has 3 rings (SSSR count). The van der Waals surface area contributed by atoms with E-state index in [2.05, 4.69) is 30.4 Å². The molecule has 0 aliphatic heterocycles. The van der Waals surface area contributed by atoms with Crippen molar-refractivity contribution in [2.45, 2.75) is 33.4 Å². The summed E-state index contributed by atoms with van der Waals surface area (Å²) in [5.41, 5.74) is 0.909. The summed E-state index contributed by atoms with van der Waals surface area (Å²) in [6.07, 6.45) is 3.19. The molecule has 3 heterocycles. The smallest absolute Gasteiger partial charge is 0.318 e. The van der Waals surface area contributed by atoms with Gasteiger partial charge in [-0.2, -0.15) is 4.98 Å². The Morgan fingerprint density at radius 2 is 2.00 bits per heavy atom. The molecule has 26 heavy (non-hydrogen) atoms. The molecular weight excluding hydrogens is 354 g/mol. The summed E-state index contributed by atoms with van der Waals surface area (Å²) in [4.78, 5) is 31.9. The first-order valence-electron chi connectivity index (χ1n) is 8.00. The topological polar surface area (TPSA) is 110 Å². The van der Waals surface area contributed by atoms with Crippen molar-refractivity contribution in [3.63, 3.8) is 0 Å². The van der Waals surface area contributed by atoms with Crippen LogP contribution in [-0.4, -0.2) is 43.1 Å². The van der Waals surface area contributed by atoms with Crippen molar-refractivity contribution >= 4 is 17.4 Å². The standard InChI is InChI=1S/C16H19N7O2S/c1-9(13-10(2)26-11(3)20-13)23(4)16(24)19-8-12-21-15(22-25-12)14-17-6-5-7-18-14/h5-7,9H,8H2,1-4H3,(H,19,24). The quantitative estimate of drug-likeness (QED) is 0.731. The van der Waals surface area contributed by atoms with Gasteiger partial charge in [0, 0.05) is 24.3 Å². The minimum atomic E-state index is -0.252. The summed E-state index contributed by atoms with van der Waals surface area (Å²) in [5, 5.41) is 7.57. The van der Waals surface area contributed by atoms with Crippen LogP contribution in [0.15, 0.2) is 23.0 Å². The number of carbonyl (C=O) groups is 1. The van der Waals surface area contributed by atoms with E-state index in [0.717, 1.165) is 15.6 Å². The zero-order valence-electron chi connectivity index (χ0n) is 14.9. The minimum absolute atomic E-state index is 0.116. The summed E-state index contributed by atoms with van der Waals surface area (Å²) in [7, 11) is 1.73. The Kier molecular flexibility index (Phi) is 5.21. The van der Waals surface area contributed by atoms with E-state index in [0.29, 0.717) is 5.82 Å². The van der Waals surface area contributed by atoms with Crippen LogP contribution in [0.5, 0.6) is 0 Å². The SMILES string of the molecule is Cc1nc(C(C)N(C)C(=O)NCc2nc(-c3ncccn3)no2)c(C)s1. The maximum absolute atomic E-state index is 12.4. The van der Waals surface area contributed by atoms with Gasteiger partial charge in [-0.05, 0) is 26.8 Å². The lowest BCUT2D eigenvalue weighted by molar-refractivity contribution is 0.191.